The van der Waals surface area contributed by atoms with E-state index in [2.05, 4.69) is 0 Å². The van der Waals surface area contributed by atoms with Gasteiger partial charge in [0.05, 0.1) is 0 Å². The molecule has 1 aromatic carbocycles. The number of aliphatic hydroxyl groups is 1. The van der Waals surface area contributed by atoms with Crippen LogP contribution in [0.15, 0.2) is 39.5 Å². The number of aliphatic hydroxyl groups excluding tert-OH is 1. The standard InChI is InChI=1S/C11H8O5/c12-9-4-2-6-5-7(10(13)11(14)15)1-3-8(6)16-9/h1-5,10,13H,(H,14,15). The maximum Gasteiger partial charge on any atom is 0.337 e. The molecule has 82 valence electrons. The Morgan fingerprint density at radius 3 is 2.69 bits per heavy atom. The van der Waals surface area contributed by atoms with Crippen LogP contribution in [0.1, 0.15) is 11.7 Å². The van der Waals surface area contributed by atoms with E-state index in [9.17, 15) is 14.7 Å². The SMILES string of the molecule is O=C(O)C(O)c1ccc2oc(=O)ccc2c1. The Balaban J connectivity index is 2.56. The average Bonchev–Trinajstić information content (AvgIpc) is 2.27. The number of carboxylic acids is 1. The fourth-order valence-corrected chi connectivity index (χ4v) is 1.40. The summed E-state index contributed by atoms with van der Waals surface area (Å²) in [6.45, 7) is 0. The summed E-state index contributed by atoms with van der Waals surface area (Å²) in [6.07, 6.45) is -1.57. The smallest absolute Gasteiger partial charge is 0.337 e. The van der Waals surface area contributed by atoms with Gasteiger partial charge >= 0.3 is 11.6 Å². The Bertz CT molecular complexity index is 599. The lowest BCUT2D eigenvalue weighted by atomic mass is 10.1. The van der Waals surface area contributed by atoms with Gasteiger partial charge in [-0.2, -0.15) is 0 Å². The zero-order valence-electron chi connectivity index (χ0n) is 8.08. The maximum atomic E-state index is 10.9. The highest BCUT2D eigenvalue weighted by Crippen LogP contribution is 2.19. The predicted octanol–water partition coefficient (Wildman–Crippen LogP) is 0.911. The summed E-state index contributed by atoms with van der Waals surface area (Å²) in [5.74, 6) is -1.32. The van der Waals surface area contributed by atoms with Crippen LogP contribution in [-0.4, -0.2) is 16.2 Å². The second-order valence-corrected chi connectivity index (χ2v) is 3.29. The zero-order valence-corrected chi connectivity index (χ0v) is 8.08. The molecule has 0 aliphatic heterocycles. The fraction of sp³-hybridized carbons (Fsp3) is 0.0909. The Hall–Kier alpha value is -2.14. The molecule has 2 rings (SSSR count). The lowest BCUT2D eigenvalue weighted by molar-refractivity contribution is -0.146. The van der Waals surface area contributed by atoms with E-state index < -0.39 is 17.7 Å². The molecule has 5 nitrogen and oxygen atoms in total. The molecule has 1 atom stereocenters. The molecule has 0 saturated heterocycles. The van der Waals surface area contributed by atoms with Crippen LogP contribution in [0, 0.1) is 0 Å². The van der Waals surface area contributed by atoms with Crippen molar-refractivity contribution in [3.8, 4) is 0 Å². The van der Waals surface area contributed by atoms with Crippen molar-refractivity contribution in [1.29, 1.82) is 0 Å². The highest BCUT2D eigenvalue weighted by molar-refractivity contribution is 5.80. The lowest BCUT2D eigenvalue weighted by Gasteiger charge is -2.05. The van der Waals surface area contributed by atoms with Gasteiger partial charge in [0.2, 0.25) is 0 Å². The van der Waals surface area contributed by atoms with Gasteiger partial charge in [0, 0.05) is 11.5 Å². The Labute approximate surface area is 89.6 Å². The molecule has 0 saturated carbocycles. The normalized spacial score (nSPS) is 12.6. The molecule has 1 unspecified atom stereocenters. The third kappa shape index (κ3) is 1.80. The van der Waals surface area contributed by atoms with Crippen molar-refractivity contribution < 1.29 is 19.4 Å². The van der Waals surface area contributed by atoms with Crippen LogP contribution in [0.5, 0.6) is 0 Å². The average molecular weight is 220 g/mol. The molecule has 0 aliphatic rings. The maximum absolute atomic E-state index is 10.9. The molecular formula is C11H8O5. The predicted molar refractivity (Wildman–Crippen MR) is 55.1 cm³/mol. The molecule has 0 radical (unpaired) electrons. The molecule has 0 fully saturated rings. The van der Waals surface area contributed by atoms with E-state index in [1.54, 1.807) is 0 Å². The third-order valence-corrected chi connectivity index (χ3v) is 2.19. The van der Waals surface area contributed by atoms with Crippen molar-refractivity contribution >= 4 is 16.9 Å². The van der Waals surface area contributed by atoms with Crippen molar-refractivity contribution in [2.24, 2.45) is 0 Å². The van der Waals surface area contributed by atoms with Gasteiger partial charge in [-0.15, -0.1) is 0 Å². The number of hydrogen-bond acceptors (Lipinski definition) is 4. The molecule has 16 heavy (non-hydrogen) atoms. The first-order chi connectivity index (χ1) is 7.58. The largest absolute Gasteiger partial charge is 0.479 e. The summed E-state index contributed by atoms with van der Waals surface area (Å²) >= 11 is 0. The van der Waals surface area contributed by atoms with Crippen molar-refractivity contribution in [2.45, 2.75) is 6.10 Å². The Kier molecular flexibility index (Phi) is 2.46. The minimum Gasteiger partial charge on any atom is -0.479 e. The van der Waals surface area contributed by atoms with E-state index >= 15 is 0 Å². The zero-order chi connectivity index (χ0) is 11.7. The topological polar surface area (TPSA) is 87.7 Å². The lowest BCUT2D eigenvalue weighted by Crippen LogP contribution is -2.10. The molecule has 5 heteroatoms. The molecule has 0 aliphatic carbocycles. The molecule has 1 aromatic heterocycles. The quantitative estimate of drug-likeness (QED) is 0.734. The molecule has 2 N–H and O–H groups in total. The van der Waals surface area contributed by atoms with E-state index in [1.807, 2.05) is 0 Å². The van der Waals surface area contributed by atoms with Crippen molar-refractivity contribution in [3.05, 3.63) is 46.3 Å². The van der Waals surface area contributed by atoms with Crippen LogP contribution in [0.3, 0.4) is 0 Å². The number of benzene rings is 1. The Morgan fingerprint density at radius 2 is 2.00 bits per heavy atom. The monoisotopic (exact) mass is 220 g/mol. The summed E-state index contributed by atoms with van der Waals surface area (Å²) in [6, 6.07) is 7.08. The number of hydrogen-bond donors (Lipinski definition) is 2. The summed E-state index contributed by atoms with van der Waals surface area (Å²) in [7, 11) is 0. The minimum absolute atomic E-state index is 0.244. The number of rotatable bonds is 2. The van der Waals surface area contributed by atoms with E-state index in [1.165, 1.54) is 30.3 Å². The van der Waals surface area contributed by atoms with Crippen molar-refractivity contribution in [1.82, 2.24) is 0 Å². The van der Waals surface area contributed by atoms with E-state index in [0.29, 0.717) is 11.0 Å². The summed E-state index contributed by atoms with van der Waals surface area (Å²) in [4.78, 5) is 21.5. The van der Waals surface area contributed by atoms with Gasteiger partial charge in [0.25, 0.3) is 0 Å². The van der Waals surface area contributed by atoms with Gasteiger partial charge in [-0.1, -0.05) is 6.07 Å². The molecule has 0 amide bonds. The van der Waals surface area contributed by atoms with E-state index in [4.69, 9.17) is 9.52 Å². The number of fused-ring (bicyclic) bond motifs is 1. The molecule has 0 spiro atoms. The molecule has 1 heterocycles. The van der Waals surface area contributed by atoms with Crippen LogP contribution < -0.4 is 5.63 Å². The second-order valence-electron chi connectivity index (χ2n) is 3.29. The highest BCUT2D eigenvalue weighted by Gasteiger charge is 2.16. The van der Waals surface area contributed by atoms with Crippen LogP contribution in [0.4, 0.5) is 0 Å². The fourth-order valence-electron chi connectivity index (χ4n) is 1.40. The molecule has 2 aromatic rings. The highest BCUT2D eigenvalue weighted by atomic mass is 16.4. The minimum atomic E-state index is -1.57. The first-order valence-corrected chi connectivity index (χ1v) is 4.52. The van der Waals surface area contributed by atoms with Crippen LogP contribution in [0.25, 0.3) is 11.0 Å². The van der Waals surface area contributed by atoms with Crippen LogP contribution in [0.2, 0.25) is 0 Å². The summed E-state index contributed by atoms with van der Waals surface area (Å²) < 4.78 is 4.87. The van der Waals surface area contributed by atoms with Gasteiger partial charge in [0.15, 0.2) is 6.10 Å². The van der Waals surface area contributed by atoms with Crippen molar-refractivity contribution in [3.63, 3.8) is 0 Å². The first-order valence-electron chi connectivity index (χ1n) is 4.52. The molecular weight excluding hydrogens is 212 g/mol. The Morgan fingerprint density at radius 1 is 1.25 bits per heavy atom. The van der Waals surface area contributed by atoms with Crippen molar-refractivity contribution in [2.75, 3.05) is 0 Å². The molecule has 0 bridgehead atoms. The number of carboxylic acid groups (broad SMARTS) is 1. The summed E-state index contributed by atoms with van der Waals surface area (Å²) in [5, 5.41) is 18.5. The van der Waals surface area contributed by atoms with Gasteiger partial charge < -0.3 is 14.6 Å². The second kappa shape index (κ2) is 3.79. The number of aliphatic carboxylic acids is 1. The van der Waals surface area contributed by atoms with Crippen LogP contribution >= 0.6 is 0 Å². The van der Waals surface area contributed by atoms with E-state index in [0.717, 1.165) is 0 Å². The van der Waals surface area contributed by atoms with Gasteiger partial charge in [-0.25, -0.2) is 9.59 Å². The third-order valence-electron chi connectivity index (χ3n) is 2.19. The van der Waals surface area contributed by atoms with Crippen LogP contribution in [-0.2, 0) is 4.79 Å². The first kappa shape index (κ1) is 10.4. The summed E-state index contributed by atoms with van der Waals surface area (Å²) in [5.41, 5.74) is 0.127. The van der Waals surface area contributed by atoms with Gasteiger partial charge in [-0.3, -0.25) is 0 Å². The van der Waals surface area contributed by atoms with Gasteiger partial charge in [-0.05, 0) is 23.8 Å². The van der Waals surface area contributed by atoms with Gasteiger partial charge in [0.1, 0.15) is 5.58 Å². The van der Waals surface area contributed by atoms with E-state index in [-0.39, 0.29) is 5.56 Å². The number of carbonyl (C=O) groups is 1.